The van der Waals surface area contributed by atoms with Gasteiger partial charge in [0.15, 0.2) is 0 Å². The van der Waals surface area contributed by atoms with Gasteiger partial charge in [0.2, 0.25) is 0 Å². The Bertz CT molecular complexity index is 541. The Labute approximate surface area is 101 Å². The molecule has 0 radical (unpaired) electrons. The number of aromatic nitrogens is 2. The average Bonchev–Trinajstić information content (AvgIpc) is 2.38. The molecule has 0 bridgehead atoms. The first-order chi connectivity index (χ1) is 8.52. The molecule has 0 unspecified atom stereocenters. The fourth-order valence-electron chi connectivity index (χ4n) is 1.56. The van der Waals surface area contributed by atoms with Crippen LogP contribution in [0.3, 0.4) is 0 Å². The van der Waals surface area contributed by atoms with Crippen LogP contribution in [0.5, 0.6) is 0 Å². The van der Waals surface area contributed by atoms with Crippen molar-refractivity contribution in [3.8, 4) is 11.1 Å². The van der Waals surface area contributed by atoms with Crippen LogP contribution in [0.2, 0.25) is 0 Å². The van der Waals surface area contributed by atoms with Crippen LogP contribution in [0.25, 0.3) is 11.1 Å². The standard InChI is InChI=1S/C12H9F3N2O/c13-12(14,15)11-4-3-9(10(7-18)17-11)8-2-1-5-16-6-8/h1-6,18H,7H2. The third kappa shape index (κ3) is 2.48. The van der Waals surface area contributed by atoms with Gasteiger partial charge >= 0.3 is 6.18 Å². The van der Waals surface area contributed by atoms with Crippen LogP contribution in [0.1, 0.15) is 11.4 Å². The van der Waals surface area contributed by atoms with Crippen LogP contribution in [0, 0.1) is 0 Å². The topological polar surface area (TPSA) is 46.0 Å². The van der Waals surface area contributed by atoms with Crippen LogP contribution in [-0.2, 0) is 12.8 Å². The molecule has 0 atom stereocenters. The molecule has 0 aliphatic rings. The molecule has 0 aliphatic carbocycles. The van der Waals surface area contributed by atoms with E-state index in [-0.39, 0.29) is 5.69 Å². The third-order valence-corrected chi connectivity index (χ3v) is 2.39. The molecule has 94 valence electrons. The number of hydrogen-bond acceptors (Lipinski definition) is 3. The van der Waals surface area contributed by atoms with Crippen molar-refractivity contribution in [1.29, 1.82) is 0 Å². The molecule has 2 aromatic rings. The highest BCUT2D eigenvalue weighted by molar-refractivity contribution is 5.64. The van der Waals surface area contributed by atoms with E-state index in [0.29, 0.717) is 11.1 Å². The number of rotatable bonds is 2. The van der Waals surface area contributed by atoms with E-state index < -0.39 is 18.5 Å². The van der Waals surface area contributed by atoms with Crippen molar-refractivity contribution >= 4 is 0 Å². The van der Waals surface area contributed by atoms with Crippen LogP contribution in [-0.4, -0.2) is 15.1 Å². The highest BCUT2D eigenvalue weighted by atomic mass is 19.4. The van der Waals surface area contributed by atoms with Gasteiger partial charge in [-0.25, -0.2) is 4.98 Å². The van der Waals surface area contributed by atoms with Crippen LogP contribution < -0.4 is 0 Å². The second-order valence-electron chi connectivity index (χ2n) is 3.59. The highest BCUT2D eigenvalue weighted by Crippen LogP contribution is 2.30. The van der Waals surface area contributed by atoms with Gasteiger partial charge in [-0.15, -0.1) is 0 Å². The summed E-state index contributed by atoms with van der Waals surface area (Å²) in [6, 6.07) is 5.53. The first-order valence-electron chi connectivity index (χ1n) is 5.11. The fraction of sp³-hybridized carbons (Fsp3) is 0.167. The van der Waals surface area contributed by atoms with Gasteiger partial charge in [0.05, 0.1) is 12.3 Å². The van der Waals surface area contributed by atoms with Crippen LogP contribution in [0.4, 0.5) is 13.2 Å². The molecular formula is C12H9F3N2O. The largest absolute Gasteiger partial charge is 0.433 e. The maximum atomic E-state index is 12.5. The van der Waals surface area contributed by atoms with Gasteiger partial charge < -0.3 is 5.11 Å². The minimum absolute atomic E-state index is 0.0159. The summed E-state index contributed by atoms with van der Waals surface area (Å²) in [5.41, 5.74) is 0.0263. The summed E-state index contributed by atoms with van der Waals surface area (Å²) < 4.78 is 37.4. The molecule has 0 amide bonds. The molecule has 0 aliphatic heterocycles. The molecule has 1 N–H and O–H groups in total. The van der Waals surface area contributed by atoms with Crippen LogP contribution in [0.15, 0.2) is 36.7 Å². The van der Waals surface area contributed by atoms with Crippen molar-refractivity contribution in [2.45, 2.75) is 12.8 Å². The fourth-order valence-corrected chi connectivity index (χ4v) is 1.56. The monoisotopic (exact) mass is 254 g/mol. The zero-order valence-corrected chi connectivity index (χ0v) is 9.15. The molecule has 0 aromatic carbocycles. The maximum Gasteiger partial charge on any atom is 0.433 e. The number of aliphatic hydroxyl groups is 1. The maximum absolute atomic E-state index is 12.5. The number of hydrogen-bond donors (Lipinski definition) is 1. The molecule has 2 aromatic heterocycles. The lowest BCUT2D eigenvalue weighted by Gasteiger charge is -2.11. The second kappa shape index (κ2) is 4.73. The zero-order chi connectivity index (χ0) is 13.2. The lowest BCUT2D eigenvalue weighted by atomic mass is 10.1. The third-order valence-electron chi connectivity index (χ3n) is 2.39. The van der Waals surface area contributed by atoms with E-state index in [9.17, 15) is 13.2 Å². The predicted octanol–water partition coefficient (Wildman–Crippen LogP) is 2.65. The van der Waals surface area contributed by atoms with Gasteiger partial charge in [-0.1, -0.05) is 12.1 Å². The van der Waals surface area contributed by atoms with E-state index in [4.69, 9.17) is 5.11 Å². The molecule has 2 heterocycles. The van der Waals surface area contributed by atoms with Gasteiger partial charge in [0.25, 0.3) is 0 Å². The van der Waals surface area contributed by atoms with Crippen molar-refractivity contribution in [3.63, 3.8) is 0 Å². The average molecular weight is 254 g/mol. The van der Waals surface area contributed by atoms with Gasteiger partial charge in [-0.05, 0) is 12.1 Å². The summed E-state index contributed by atoms with van der Waals surface area (Å²) in [7, 11) is 0. The Kier molecular flexibility index (Phi) is 3.29. The van der Waals surface area contributed by atoms with Crippen molar-refractivity contribution in [2.75, 3.05) is 0 Å². The van der Waals surface area contributed by atoms with E-state index in [1.165, 1.54) is 12.3 Å². The summed E-state index contributed by atoms with van der Waals surface area (Å²) >= 11 is 0. The summed E-state index contributed by atoms with van der Waals surface area (Å²) in [6.45, 7) is -0.561. The van der Waals surface area contributed by atoms with E-state index in [1.54, 1.807) is 18.3 Å². The number of nitrogens with zero attached hydrogens (tertiary/aromatic N) is 2. The minimum Gasteiger partial charge on any atom is -0.390 e. The van der Waals surface area contributed by atoms with Gasteiger partial charge in [0, 0.05) is 23.5 Å². The van der Waals surface area contributed by atoms with E-state index in [0.717, 1.165) is 6.07 Å². The Balaban J connectivity index is 2.51. The van der Waals surface area contributed by atoms with Gasteiger partial charge in [-0.3, -0.25) is 4.98 Å². The van der Waals surface area contributed by atoms with Crippen LogP contribution >= 0.6 is 0 Å². The number of alkyl halides is 3. The Hall–Kier alpha value is -1.95. The quantitative estimate of drug-likeness (QED) is 0.896. The Morgan fingerprint density at radius 1 is 1.17 bits per heavy atom. The van der Waals surface area contributed by atoms with Crippen molar-refractivity contribution in [2.24, 2.45) is 0 Å². The lowest BCUT2D eigenvalue weighted by Crippen LogP contribution is -2.10. The zero-order valence-electron chi connectivity index (χ0n) is 9.15. The summed E-state index contributed by atoms with van der Waals surface area (Å²) in [6.07, 6.45) is -1.46. The normalized spacial score (nSPS) is 11.6. The predicted molar refractivity (Wildman–Crippen MR) is 58.4 cm³/mol. The summed E-state index contributed by atoms with van der Waals surface area (Å²) in [5.74, 6) is 0. The summed E-state index contributed by atoms with van der Waals surface area (Å²) in [5, 5.41) is 9.12. The Morgan fingerprint density at radius 3 is 2.50 bits per heavy atom. The van der Waals surface area contributed by atoms with E-state index in [1.807, 2.05) is 0 Å². The molecule has 0 saturated carbocycles. The number of pyridine rings is 2. The first-order valence-corrected chi connectivity index (χ1v) is 5.11. The second-order valence-corrected chi connectivity index (χ2v) is 3.59. The molecular weight excluding hydrogens is 245 g/mol. The molecule has 2 rings (SSSR count). The number of aliphatic hydroxyl groups excluding tert-OH is 1. The van der Waals surface area contributed by atoms with Crippen molar-refractivity contribution in [1.82, 2.24) is 9.97 Å². The minimum atomic E-state index is -4.52. The molecule has 0 spiro atoms. The molecule has 0 fully saturated rings. The van der Waals surface area contributed by atoms with Gasteiger partial charge in [0.1, 0.15) is 5.69 Å². The molecule has 0 saturated heterocycles. The first kappa shape index (κ1) is 12.5. The summed E-state index contributed by atoms with van der Waals surface area (Å²) in [4.78, 5) is 7.31. The molecule has 18 heavy (non-hydrogen) atoms. The van der Waals surface area contributed by atoms with E-state index >= 15 is 0 Å². The molecule has 3 nitrogen and oxygen atoms in total. The highest BCUT2D eigenvalue weighted by Gasteiger charge is 2.32. The lowest BCUT2D eigenvalue weighted by molar-refractivity contribution is -0.141. The van der Waals surface area contributed by atoms with E-state index in [2.05, 4.69) is 9.97 Å². The van der Waals surface area contributed by atoms with Gasteiger partial charge in [-0.2, -0.15) is 13.2 Å². The smallest absolute Gasteiger partial charge is 0.390 e. The Morgan fingerprint density at radius 2 is 1.94 bits per heavy atom. The number of halogens is 3. The SMILES string of the molecule is OCc1nc(C(F)(F)F)ccc1-c1cccnc1. The molecule has 6 heteroatoms. The van der Waals surface area contributed by atoms with Crippen molar-refractivity contribution < 1.29 is 18.3 Å². The van der Waals surface area contributed by atoms with Crippen molar-refractivity contribution in [3.05, 3.63) is 48.0 Å².